The molecule has 8 nitrogen and oxygen atoms in total. The van der Waals surface area contributed by atoms with Crippen LogP contribution in [0.1, 0.15) is 18.1 Å². The molecule has 4 rings (SSSR count). The van der Waals surface area contributed by atoms with Crippen LogP contribution in [0.15, 0.2) is 46.0 Å². The standard InChI is InChI=1S/C23H25N3O5S/c1-14(22(27)26-10-9-15-7-5-6-8-16(15)13-26)32-23-25-24-21(31-23)17-11-18(28-2)20(30-4)19(12-17)29-3/h5-8,11-12,14H,9-10,13H2,1-4H3. The molecule has 0 N–H and O–H groups in total. The van der Waals surface area contributed by atoms with Crippen molar-refractivity contribution in [1.29, 1.82) is 0 Å². The molecular formula is C23H25N3O5S. The van der Waals surface area contributed by atoms with Gasteiger partial charge < -0.3 is 23.5 Å². The molecule has 0 aliphatic carbocycles. The van der Waals surface area contributed by atoms with Gasteiger partial charge in [0.1, 0.15) is 0 Å². The van der Waals surface area contributed by atoms with Crippen molar-refractivity contribution in [3.8, 4) is 28.7 Å². The molecular weight excluding hydrogens is 430 g/mol. The monoisotopic (exact) mass is 455 g/mol. The van der Waals surface area contributed by atoms with Crippen molar-refractivity contribution in [2.45, 2.75) is 30.4 Å². The fraction of sp³-hybridized carbons (Fsp3) is 0.348. The summed E-state index contributed by atoms with van der Waals surface area (Å²) in [4.78, 5) is 14.9. The number of methoxy groups -OCH3 is 3. The first-order valence-corrected chi connectivity index (χ1v) is 11.1. The van der Waals surface area contributed by atoms with Crippen LogP contribution in [0.25, 0.3) is 11.5 Å². The molecule has 0 saturated heterocycles. The van der Waals surface area contributed by atoms with Crippen LogP contribution in [0.3, 0.4) is 0 Å². The number of aromatic nitrogens is 2. The molecule has 0 fully saturated rings. The highest BCUT2D eigenvalue weighted by Gasteiger charge is 2.27. The summed E-state index contributed by atoms with van der Waals surface area (Å²) in [5, 5.41) is 8.22. The summed E-state index contributed by atoms with van der Waals surface area (Å²) < 4.78 is 21.9. The van der Waals surface area contributed by atoms with E-state index in [1.807, 2.05) is 24.0 Å². The lowest BCUT2D eigenvalue weighted by Gasteiger charge is -2.30. The van der Waals surface area contributed by atoms with Crippen LogP contribution in [0.4, 0.5) is 0 Å². The van der Waals surface area contributed by atoms with Crippen molar-refractivity contribution < 1.29 is 23.4 Å². The van der Waals surface area contributed by atoms with Gasteiger partial charge in [-0.3, -0.25) is 4.79 Å². The van der Waals surface area contributed by atoms with E-state index in [4.69, 9.17) is 18.6 Å². The normalized spacial score (nSPS) is 13.9. The summed E-state index contributed by atoms with van der Waals surface area (Å²) in [6.45, 7) is 3.19. The molecule has 0 radical (unpaired) electrons. The number of nitrogens with zero attached hydrogens (tertiary/aromatic N) is 3. The Morgan fingerprint density at radius 1 is 1.06 bits per heavy atom. The third-order valence-electron chi connectivity index (χ3n) is 5.39. The number of carbonyl (C=O) groups excluding carboxylic acids is 1. The lowest BCUT2D eigenvalue weighted by molar-refractivity contribution is -0.131. The molecule has 1 atom stereocenters. The summed E-state index contributed by atoms with van der Waals surface area (Å²) in [7, 11) is 4.63. The maximum Gasteiger partial charge on any atom is 0.277 e. The van der Waals surface area contributed by atoms with Crippen LogP contribution in [-0.4, -0.2) is 54.1 Å². The van der Waals surface area contributed by atoms with E-state index >= 15 is 0 Å². The Labute approximate surface area is 190 Å². The first-order valence-electron chi connectivity index (χ1n) is 10.2. The molecule has 168 valence electrons. The number of benzene rings is 2. The van der Waals surface area contributed by atoms with Crippen molar-refractivity contribution in [1.82, 2.24) is 15.1 Å². The van der Waals surface area contributed by atoms with Crippen molar-refractivity contribution in [2.24, 2.45) is 0 Å². The second-order valence-electron chi connectivity index (χ2n) is 7.33. The van der Waals surface area contributed by atoms with Gasteiger partial charge in [-0.15, -0.1) is 10.2 Å². The molecule has 2 heterocycles. The Hall–Kier alpha value is -3.20. The topological polar surface area (TPSA) is 86.9 Å². The zero-order valence-corrected chi connectivity index (χ0v) is 19.3. The van der Waals surface area contributed by atoms with Crippen LogP contribution < -0.4 is 14.2 Å². The van der Waals surface area contributed by atoms with Gasteiger partial charge in [-0.05, 0) is 36.6 Å². The average molecular weight is 456 g/mol. The number of fused-ring (bicyclic) bond motifs is 1. The molecule has 1 unspecified atom stereocenters. The summed E-state index contributed by atoms with van der Waals surface area (Å²) in [5.74, 6) is 1.82. The van der Waals surface area contributed by atoms with Crippen molar-refractivity contribution >= 4 is 17.7 Å². The minimum Gasteiger partial charge on any atom is -0.493 e. The van der Waals surface area contributed by atoms with E-state index in [2.05, 4.69) is 22.3 Å². The SMILES string of the molecule is COc1cc(-c2nnc(SC(C)C(=O)N3CCc4ccccc4C3)o2)cc(OC)c1OC. The van der Waals surface area contributed by atoms with E-state index < -0.39 is 0 Å². The van der Waals surface area contributed by atoms with Gasteiger partial charge in [0.05, 0.1) is 26.6 Å². The van der Waals surface area contributed by atoms with Crippen molar-refractivity contribution in [3.63, 3.8) is 0 Å². The fourth-order valence-electron chi connectivity index (χ4n) is 3.72. The predicted octanol–water partition coefficient (Wildman–Crippen LogP) is 3.83. The number of thioether (sulfide) groups is 1. The lowest BCUT2D eigenvalue weighted by atomic mass is 10.00. The Balaban J connectivity index is 1.47. The first kappa shape index (κ1) is 22.0. The first-order chi connectivity index (χ1) is 15.5. The third kappa shape index (κ3) is 4.38. The summed E-state index contributed by atoms with van der Waals surface area (Å²) in [5.41, 5.74) is 3.14. The van der Waals surface area contributed by atoms with Gasteiger partial charge in [0.15, 0.2) is 11.5 Å². The molecule has 1 aromatic heterocycles. The Kier molecular flexibility index (Phi) is 6.55. The summed E-state index contributed by atoms with van der Waals surface area (Å²) in [6.07, 6.45) is 0.866. The van der Waals surface area contributed by atoms with E-state index in [9.17, 15) is 4.79 Å². The van der Waals surface area contributed by atoms with E-state index in [1.165, 1.54) is 22.9 Å². The van der Waals surface area contributed by atoms with E-state index in [0.29, 0.717) is 47.0 Å². The highest BCUT2D eigenvalue weighted by atomic mass is 32.2. The third-order valence-corrected chi connectivity index (χ3v) is 6.31. The van der Waals surface area contributed by atoms with Gasteiger partial charge >= 0.3 is 0 Å². The molecule has 1 aliphatic rings. The second kappa shape index (κ2) is 9.52. The minimum atomic E-state index is -0.353. The minimum absolute atomic E-state index is 0.0528. The zero-order chi connectivity index (χ0) is 22.7. The molecule has 32 heavy (non-hydrogen) atoms. The van der Waals surface area contributed by atoms with Crippen LogP contribution in [0, 0.1) is 0 Å². The molecule has 3 aromatic rings. The van der Waals surface area contributed by atoms with Gasteiger partial charge in [0.2, 0.25) is 17.5 Å². The molecule has 1 aliphatic heterocycles. The number of carbonyl (C=O) groups is 1. The second-order valence-corrected chi connectivity index (χ2v) is 8.62. The van der Waals surface area contributed by atoms with Gasteiger partial charge in [-0.2, -0.15) is 0 Å². The predicted molar refractivity (Wildman–Crippen MR) is 120 cm³/mol. The summed E-state index contributed by atoms with van der Waals surface area (Å²) >= 11 is 1.25. The molecule has 0 bridgehead atoms. The van der Waals surface area contributed by atoms with Gasteiger partial charge in [-0.25, -0.2) is 0 Å². The molecule has 0 spiro atoms. The quantitative estimate of drug-likeness (QED) is 0.497. The highest BCUT2D eigenvalue weighted by Crippen LogP contribution is 2.41. The smallest absolute Gasteiger partial charge is 0.277 e. The van der Waals surface area contributed by atoms with Crippen LogP contribution in [-0.2, 0) is 17.8 Å². The molecule has 1 amide bonds. The average Bonchev–Trinajstić information content (AvgIpc) is 3.30. The largest absolute Gasteiger partial charge is 0.493 e. The maximum absolute atomic E-state index is 13.0. The highest BCUT2D eigenvalue weighted by molar-refractivity contribution is 8.00. The van der Waals surface area contributed by atoms with E-state index in [-0.39, 0.29) is 11.2 Å². The fourth-order valence-corrected chi connectivity index (χ4v) is 4.49. The van der Waals surface area contributed by atoms with Crippen molar-refractivity contribution in [3.05, 3.63) is 47.5 Å². The van der Waals surface area contributed by atoms with E-state index in [0.717, 1.165) is 6.42 Å². The Morgan fingerprint density at radius 2 is 1.75 bits per heavy atom. The Morgan fingerprint density at radius 3 is 2.41 bits per heavy atom. The molecule has 2 aromatic carbocycles. The van der Waals surface area contributed by atoms with Crippen LogP contribution in [0.2, 0.25) is 0 Å². The van der Waals surface area contributed by atoms with Crippen LogP contribution in [0.5, 0.6) is 17.2 Å². The van der Waals surface area contributed by atoms with Gasteiger partial charge in [0, 0.05) is 18.7 Å². The molecule has 0 saturated carbocycles. The zero-order valence-electron chi connectivity index (χ0n) is 18.5. The number of amides is 1. The van der Waals surface area contributed by atoms with Crippen molar-refractivity contribution in [2.75, 3.05) is 27.9 Å². The molecule has 9 heteroatoms. The summed E-state index contributed by atoms with van der Waals surface area (Å²) in [6, 6.07) is 11.7. The van der Waals surface area contributed by atoms with Gasteiger partial charge in [-0.1, -0.05) is 36.0 Å². The van der Waals surface area contributed by atoms with E-state index in [1.54, 1.807) is 33.5 Å². The maximum atomic E-state index is 13.0. The number of hydrogen-bond acceptors (Lipinski definition) is 8. The number of rotatable bonds is 7. The van der Waals surface area contributed by atoms with Crippen LogP contribution >= 0.6 is 11.8 Å². The van der Waals surface area contributed by atoms with Gasteiger partial charge in [0.25, 0.3) is 5.22 Å². The number of ether oxygens (including phenoxy) is 3. The number of hydrogen-bond donors (Lipinski definition) is 0. The lowest BCUT2D eigenvalue weighted by Crippen LogP contribution is -2.40. The Bertz CT molecular complexity index is 1090.